The second-order valence-electron chi connectivity index (χ2n) is 15.1. The van der Waals surface area contributed by atoms with Crippen molar-refractivity contribution < 1.29 is 0 Å². The maximum absolute atomic E-state index is 2.54. The Morgan fingerprint density at radius 2 is 1.04 bits per heavy atom. The lowest BCUT2D eigenvalue weighted by Gasteiger charge is -2.27. The van der Waals surface area contributed by atoms with E-state index in [-0.39, 0.29) is 10.8 Å². The van der Waals surface area contributed by atoms with Crippen LogP contribution in [-0.2, 0) is 11.8 Å². The molecule has 0 unspecified atom stereocenters. The highest BCUT2D eigenvalue weighted by atomic mass is 15.0. The summed E-state index contributed by atoms with van der Waals surface area (Å²) in [5.41, 5.74) is 14.6. The zero-order valence-corrected chi connectivity index (χ0v) is 27.9. The summed E-state index contributed by atoms with van der Waals surface area (Å²) < 4.78 is 4.94. The molecule has 1 aliphatic rings. The van der Waals surface area contributed by atoms with Gasteiger partial charge in [0.2, 0.25) is 0 Å². The molecular formula is C44H42N2. The van der Waals surface area contributed by atoms with Crippen molar-refractivity contribution >= 4 is 38.8 Å². The van der Waals surface area contributed by atoms with Crippen LogP contribution >= 0.6 is 0 Å². The standard InChI is InChI=1S/C44H42N2/c1-43(2,3)31-21-23-41-37(27-31)38-28-32(44(4,5)6)22-24-42(38)46(41)34-16-12-14-30(26-34)29-13-11-15-33(25-29)45-39-19-9-7-17-35(39)36-18-8-10-20-40(36)45/h7-21,23,25-28H,22,24H2,1-6H3. The summed E-state index contributed by atoms with van der Waals surface area (Å²) in [4.78, 5) is 0. The lowest BCUT2D eigenvalue weighted by atomic mass is 9.79. The average Bonchev–Trinajstić information content (AvgIpc) is 3.56. The molecule has 228 valence electrons. The predicted molar refractivity (Wildman–Crippen MR) is 198 cm³/mol. The van der Waals surface area contributed by atoms with Gasteiger partial charge in [-0.1, -0.05) is 120 Å². The summed E-state index contributed by atoms with van der Waals surface area (Å²) in [5.74, 6) is 0. The highest BCUT2D eigenvalue weighted by molar-refractivity contribution is 6.09. The van der Waals surface area contributed by atoms with E-state index in [1.165, 1.54) is 77.6 Å². The van der Waals surface area contributed by atoms with Crippen molar-refractivity contribution in [3.8, 4) is 22.5 Å². The molecule has 2 heteroatoms. The van der Waals surface area contributed by atoms with Gasteiger partial charge in [-0.05, 0) is 88.9 Å². The maximum Gasteiger partial charge on any atom is 0.0541 e. The van der Waals surface area contributed by atoms with Gasteiger partial charge in [0.05, 0.1) is 16.6 Å². The van der Waals surface area contributed by atoms with E-state index in [4.69, 9.17) is 0 Å². The van der Waals surface area contributed by atoms with Gasteiger partial charge in [0.15, 0.2) is 0 Å². The van der Waals surface area contributed by atoms with Crippen LogP contribution in [0.5, 0.6) is 0 Å². The van der Waals surface area contributed by atoms with Crippen molar-refractivity contribution in [2.24, 2.45) is 5.41 Å². The van der Waals surface area contributed by atoms with E-state index in [2.05, 4.69) is 172 Å². The molecule has 2 nitrogen and oxygen atoms in total. The average molecular weight is 599 g/mol. The number of fused-ring (bicyclic) bond motifs is 6. The Balaban J connectivity index is 1.29. The summed E-state index contributed by atoms with van der Waals surface area (Å²) in [7, 11) is 0. The van der Waals surface area contributed by atoms with Crippen molar-refractivity contribution in [3.05, 3.63) is 138 Å². The molecule has 0 bridgehead atoms. The normalized spacial score (nSPS) is 13.8. The fourth-order valence-electron chi connectivity index (χ4n) is 7.48. The number of benzene rings is 5. The van der Waals surface area contributed by atoms with Crippen LogP contribution in [0.2, 0.25) is 0 Å². The second kappa shape index (κ2) is 10.4. The Kier molecular flexibility index (Phi) is 6.45. The van der Waals surface area contributed by atoms with Gasteiger partial charge < -0.3 is 9.13 Å². The van der Waals surface area contributed by atoms with Crippen LogP contribution in [-0.4, -0.2) is 9.13 Å². The fourth-order valence-corrected chi connectivity index (χ4v) is 7.48. The first-order chi connectivity index (χ1) is 22.1. The molecule has 0 radical (unpaired) electrons. The van der Waals surface area contributed by atoms with Gasteiger partial charge in [-0.25, -0.2) is 0 Å². The molecular weight excluding hydrogens is 556 g/mol. The predicted octanol–water partition coefficient (Wildman–Crippen LogP) is 12.1. The van der Waals surface area contributed by atoms with Crippen molar-refractivity contribution in [2.75, 3.05) is 0 Å². The lowest BCUT2D eigenvalue weighted by molar-refractivity contribution is 0.483. The quantitative estimate of drug-likeness (QED) is 0.191. The number of para-hydroxylation sites is 2. The third-order valence-corrected chi connectivity index (χ3v) is 10.0. The topological polar surface area (TPSA) is 9.86 Å². The second-order valence-corrected chi connectivity index (χ2v) is 15.1. The molecule has 2 aromatic heterocycles. The summed E-state index contributed by atoms with van der Waals surface area (Å²) in [6, 6.07) is 42.7. The van der Waals surface area contributed by atoms with Gasteiger partial charge in [-0.3, -0.25) is 0 Å². The zero-order chi connectivity index (χ0) is 31.8. The third-order valence-electron chi connectivity index (χ3n) is 10.0. The lowest BCUT2D eigenvalue weighted by Crippen LogP contribution is -2.14. The number of nitrogens with zero attached hydrogens (tertiary/aromatic N) is 2. The van der Waals surface area contributed by atoms with Gasteiger partial charge in [0.1, 0.15) is 0 Å². The van der Waals surface area contributed by atoms with Gasteiger partial charge in [0.25, 0.3) is 0 Å². The van der Waals surface area contributed by atoms with E-state index >= 15 is 0 Å². The monoisotopic (exact) mass is 598 g/mol. The first kappa shape index (κ1) is 28.6. The summed E-state index contributed by atoms with van der Waals surface area (Å²) >= 11 is 0. The number of hydrogen-bond donors (Lipinski definition) is 0. The molecule has 2 heterocycles. The minimum atomic E-state index is 0.0930. The number of rotatable bonds is 3. The van der Waals surface area contributed by atoms with Crippen LogP contribution in [0.15, 0.2) is 121 Å². The smallest absolute Gasteiger partial charge is 0.0541 e. The highest BCUT2D eigenvalue weighted by Crippen LogP contribution is 2.42. The molecule has 0 spiro atoms. The van der Waals surface area contributed by atoms with Crippen LogP contribution < -0.4 is 0 Å². The van der Waals surface area contributed by atoms with E-state index in [0.29, 0.717) is 0 Å². The molecule has 0 N–H and O–H groups in total. The molecule has 0 saturated heterocycles. The van der Waals surface area contributed by atoms with Crippen LogP contribution in [0.4, 0.5) is 0 Å². The zero-order valence-electron chi connectivity index (χ0n) is 27.9. The van der Waals surface area contributed by atoms with Crippen molar-refractivity contribution in [2.45, 2.75) is 59.8 Å². The molecule has 0 saturated carbocycles. The van der Waals surface area contributed by atoms with E-state index < -0.39 is 0 Å². The maximum atomic E-state index is 2.54. The largest absolute Gasteiger partial charge is 0.313 e. The van der Waals surface area contributed by atoms with Crippen molar-refractivity contribution in [3.63, 3.8) is 0 Å². The summed E-state index contributed by atoms with van der Waals surface area (Å²) in [5, 5.41) is 3.93. The van der Waals surface area contributed by atoms with Crippen LogP contribution in [0, 0.1) is 5.41 Å². The Hall–Kier alpha value is -4.82. The summed E-state index contributed by atoms with van der Waals surface area (Å²) in [6.07, 6.45) is 4.65. The van der Waals surface area contributed by atoms with E-state index in [9.17, 15) is 0 Å². The van der Waals surface area contributed by atoms with Gasteiger partial charge in [0, 0.05) is 38.8 Å². The van der Waals surface area contributed by atoms with Crippen LogP contribution in [0.25, 0.3) is 61.3 Å². The number of allylic oxidation sites excluding steroid dienone is 1. The van der Waals surface area contributed by atoms with Gasteiger partial charge in [-0.15, -0.1) is 0 Å². The minimum absolute atomic E-state index is 0.0930. The molecule has 0 fully saturated rings. The number of aromatic nitrogens is 2. The Bertz CT molecular complexity index is 2270. The number of hydrogen-bond acceptors (Lipinski definition) is 0. The van der Waals surface area contributed by atoms with E-state index in [0.717, 1.165) is 12.8 Å². The van der Waals surface area contributed by atoms with Gasteiger partial charge in [-0.2, -0.15) is 0 Å². The van der Waals surface area contributed by atoms with E-state index in [1.807, 2.05) is 0 Å². The highest BCUT2D eigenvalue weighted by Gasteiger charge is 2.27. The Morgan fingerprint density at radius 3 is 1.63 bits per heavy atom. The molecule has 8 rings (SSSR count). The SMILES string of the molecule is CC(C)(C)C1=Cc2c(n(-c3cccc(-c4cccc(-n5c6ccccc6c6ccccc65)c4)c3)c3ccc(C(C)(C)C)cc23)CC1. The van der Waals surface area contributed by atoms with Crippen molar-refractivity contribution in [1.82, 2.24) is 9.13 Å². The fraction of sp³-hybridized carbons (Fsp3) is 0.227. The van der Waals surface area contributed by atoms with Crippen LogP contribution in [0.3, 0.4) is 0 Å². The first-order valence-electron chi connectivity index (χ1n) is 16.7. The Morgan fingerprint density at radius 1 is 0.478 bits per heavy atom. The van der Waals surface area contributed by atoms with E-state index in [1.54, 1.807) is 0 Å². The molecule has 46 heavy (non-hydrogen) atoms. The minimum Gasteiger partial charge on any atom is -0.313 e. The van der Waals surface area contributed by atoms with Crippen molar-refractivity contribution in [1.29, 1.82) is 0 Å². The van der Waals surface area contributed by atoms with Gasteiger partial charge >= 0.3 is 0 Å². The summed E-state index contributed by atoms with van der Waals surface area (Å²) in [6.45, 7) is 14.0. The first-order valence-corrected chi connectivity index (χ1v) is 16.7. The molecule has 0 aliphatic heterocycles. The molecule has 0 amide bonds. The third kappa shape index (κ3) is 4.62. The molecule has 7 aromatic rings. The molecule has 1 aliphatic carbocycles. The Labute approximate surface area is 272 Å². The van der Waals surface area contributed by atoms with Crippen LogP contribution in [0.1, 0.15) is 64.8 Å². The molecule has 5 aromatic carbocycles. The molecule has 0 atom stereocenters.